The summed E-state index contributed by atoms with van der Waals surface area (Å²) in [6, 6.07) is 15.4. The first-order valence-corrected chi connectivity index (χ1v) is 11.2. The van der Waals surface area contributed by atoms with Crippen molar-refractivity contribution >= 4 is 33.7 Å². The van der Waals surface area contributed by atoms with Gasteiger partial charge < -0.3 is 30.2 Å². The molecule has 0 radical (unpaired) electrons. The highest BCUT2D eigenvalue weighted by Gasteiger charge is 2.17. The normalized spacial score (nSPS) is 11.3. The molecule has 34 heavy (non-hydrogen) atoms. The third kappa shape index (κ3) is 5.44. The molecular weight excluding hydrogens is 434 g/mol. The quantitative estimate of drug-likeness (QED) is 0.274. The van der Waals surface area contributed by atoms with Crippen LogP contribution in [0.15, 0.2) is 48.5 Å². The number of methoxy groups -OCH3 is 1. The third-order valence-electron chi connectivity index (χ3n) is 5.54. The number of benzene rings is 2. The predicted molar refractivity (Wildman–Crippen MR) is 131 cm³/mol. The van der Waals surface area contributed by atoms with Crippen molar-refractivity contribution in [2.45, 2.75) is 25.9 Å². The van der Waals surface area contributed by atoms with E-state index in [9.17, 15) is 4.79 Å². The molecule has 0 aliphatic heterocycles. The summed E-state index contributed by atoms with van der Waals surface area (Å²) in [6.45, 7) is 2.45. The molecule has 0 fully saturated rings. The van der Waals surface area contributed by atoms with E-state index in [2.05, 4.69) is 20.9 Å². The summed E-state index contributed by atoms with van der Waals surface area (Å²) in [5.74, 6) is 0.928. The number of aliphatic carboxylic acids is 1. The van der Waals surface area contributed by atoms with Crippen LogP contribution in [0.1, 0.15) is 17.8 Å². The maximum Gasteiger partial charge on any atom is 0.341 e. The summed E-state index contributed by atoms with van der Waals surface area (Å²) < 4.78 is 12.8. The number of carboxylic acids is 1. The van der Waals surface area contributed by atoms with Gasteiger partial charge in [0.1, 0.15) is 17.1 Å². The number of hydrogen-bond donors (Lipinski definition) is 3. The maximum absolute atomic E-state index is 10.7. The lowest BCUT2D eigenvalue weighted by Gasteiger charge is -2.12. The summed E-state index contributed by atoms with van der Waals surface area (Å²) in [4.78, 5) is 20.0. The summed E-state index contributed by atoms with van der Waals surface area (Å²) >= 11 is 0. The van der Waals surface area contributed by atoms with Crippen LogP contribution in [0, 0.1) is 0 Å². The summed E-state index contributed by atoms with van der Waals surface area (Å²) in [7, 11) is 1.68. The van der Waals surface area contributed by atoms with E-state index in [0.717, 1.165) is 52.8 Å². The van der Waals surface area contributed by atoms with Gasteiger partial charge in [-0.15, -0.1) is 0 Å². The van der Waals surface area contributed by atoms with Crippen molar-refractivity contribution in [3.63, 3.8) is 0 Å². The van der Waals surface area contributed by atoms with E-state index in [-0.39, 0.29) is 6.61 Å². The van der Waals surface area contributed by atoms with E-state index in [1.165, 1.54) is 0 Å². The molecule has 0 bridgehead atoms. The fourth-order valence-electron chi connectivity index (χ4n) is 4.02. The highest BCUT2D eigenvalue weighted by molar-refractivity contribution is 6.06. The van der Waals surface area contributed by atoms with Crippen LogP contribution in [0.5, 0.6) is 5.75 Å². The van der Waals surface area contributed by atoms with Crippen LogP contribution in [0.4, 0.5) is 5.82 Å². The number of ether oxygens (including phenoxy) is 2. The number of nitrogens with zero attached hydrogens (tertiary/aromatic N) is 3. The molecule has 0 saturated heterocycles. The van der Waals surface area contributed by atoms with Gasteiger partial charge in [0, 0.05) is 32.0 Å². The average molecular weight is 464 g/mol. The van der Waals surface area contributed by atoms with Gasteiger partial charge in [-0.3, -0.25) is 0 Å². The average Bonchev–Trinajstić information content (AvgIpc) is 3.21. The molecule has 4 rings (SSSR count). The van der Waals surface area contributed by atoms with E-state index in [4.69, 9.17) is 25.3 Å². The molecule has 2 aromatic heterocycles. The smallest absolute Gasteiger partial charge is 0.341 e. The Bertz CT molecular complexity index is 1290. The zero-order chi connectivity index (χ0) is 23.9. The minimum absolute atomic E-state index is 0.351. The molecular formula is C25H29N5O4. The van der Waals surface area contributed by atoms with Crippen LogP contribution in [0.3, 0.4) is 0 Å². The minimum atomic E-state index is -0.995. The second kappa shape index (κ2) is 11.0. The lowest BCUT2D eigenvalue weighted by atomic mass is 10.2. The second-order valence-corrected chi connectivity index (χ2v) is 7.99. The number of anilines is 1. The number of aromatic nitrogens is 3. The number of nitrogens with two attached hydrogens (primary N) is 1. The first-order valence-electron chi connectivity index (χ1n) is 11.2. The van der Waals surface area contributed by atoms with E-state index in [1.54, 1.807) is 13.2 Å². The molecule has 0 atom stereocenters. The summed E-state index contributed by atoms with van der Waals surface area (Å²) in [5, 5.41) is 13.3. The summed E-state index contributed by atoms with van der Waals surface area (Å²) in [5.41, 5.74) is 9.88. The molecule has 0 amide bonds. The number of para-hydroxylation sites is 1. The number of fused-ring (bicyclic) bond motifs is 3. The molecule has 2 aromatic carbocycles. The van der Waals surface area contributed by atoms with Crippen LogP contribution in [0.2, 0.25) is 0 Å². The number of imidazole rings is 1. The van der Waals surface area contributed by atoms with Crippen LogP contribution < -0.4 is 15.8 Å². The molecule has 9 heteroatoms. The first-order chi connectivity index (χ1) is 16.6. The highest BCUT2D eigenvalue weighted by Crippen LogP contribution is 2.29. The Kier molecular flexibility index (Phi) is 7.56. The van der Waals surface area contributed by atoms with Gasteiger partial charge in [0.25, 0.3) is 0 Å². The maximum atomic E-state index is 10.7. The van der Waals surface area contributed by atoms with Crippen molar-refractivity contribution in [2.75, 3.05) is 32.6 Å². The topological polar surface area (TPSA) is 125 Å². The van der Waals surface area contributed by atoms with E-state index < -0.39 is 5.97 Å². The van der Waals surface area contributed by atoms with Gasteiger partial charge in [-0.05, 0) is 36.7 Å². The lowest BCUT2D eigenvalue weighted by molar-refractivity contribution is -0.139. The van der Waals surface area contributed by atoms with Gasteiger partial charge in [0.2, 0.25) is 0 Å². The SMILES string of the molecule is COCCc1nc2c(N)nc3ccccc3c2n1CCCNCc1cccc(OCC(=O)O)c1. The molecule has 0 saturated carbocycles. The zero-order valence-corrected chi connectivity index (χ0v) is 19.2. The monoisotopic (exact) mass is 463 g/mol. The third-order valence-corrected chi connectivity index (χ3v) is 5.54. The Balaban J connectivity index is 1.45. The van der Waals surface area contributed by atoms with Crippen molar-refractivity contribution in [3.05, 3.63) is 59.9 Å². The van der Waals surface area contributed by atoms with Gasteiger partial charge in [-0.2, -0.15) is 0 Å². The van der Waals surface area contributed by atoms with Gasteiger partial charge in [-0.1, -0.05) is 30.3 Å². The molecule has 9 nitrogen and oxygen atoms in total. The zero-order valence-electron chi connectivity index (χ0n) is 19.2. The van der Waals surface area contributed by atoms with Gasteiger partial charge in [-0.25, -0.2) is 14.8 Å². The van der Waals surface area contributed by atoms with Crippen molar-refractivity contribution in [2.24, 2.45) is 0 Å². The fourth-order valence-corrected chi connectivity index (χ4v) is 4.02. The number of carboxylic acid groups (broad SMARTS) is 1. The van der Waals surface area contributed by atoms with E-state index in [1.807, 2.05) is 36.4 Å². The van der Waals surface area contributed by atoms with Gasteiger partial charge in [0.15, 0.2) is 12.4 Å². The number of aryl methyl sites for hydroxylation is 1. The number of pyridine rings is 1. The molecule has 2 heterocycles. The second-order valence-electron chi connectivity index (χ2n) is 7.99. The lowest BCUT2D eigenvalue weighted by Crippen LogP contribution is -2.17. The molecule has 0 aliphatic carbocycles. The molecule has 4 aromatic rings. The molecule has 4 N–H and O–H groups in total. The fraction of sp³-hybridized carbons (Fsp3) is 0.320. The predicted octanol–water partition coefficient (Wildman–Crippen LogP) is 3.00. The molecule has 0 spiro atoms. The van der Waals surface area contributed by atoms with Crippen molar-refractivity contribution in [1.82, 2.24) is 19.9 Å². The largest absolute Gasteiger partial charge is 0.482 e. The summed E-state index contributed by atoms with van der Waals surface area (Å²) in [6.07, 6.45) is 1.58. The Morgan fingerprint density at radius 1 is 1.18 bits per heavy atom. The van der Waals surface area contributed by atoms with Crippen molar-refractivity contribution in [3.8, 4) is 5.75 Å². The standard InChI is InChI=1S/C25H29N5O4/c1-33-13-10-21-29-23-24(19-8-2-3-9-20(19)28-25(23)26)30(21)12-5-11-27-15-17-6-4-7-18(14-17)34-16-22(31)32/h2-4,6-9,14,27H,5,10-13,15-16H2,1H3,(H2,26,28)(H,31,32). The highest BCUT2D eigenvalue weighted by atomic mass is 16.5. The number of nitrogen functional groups attached to an aromatic ring is 1. The number of rotatable bonds is 12. The van der Waals surface area contributed by atoms with Gasteiger partial charge >= 0.3 is 5.97 Å². The number of hydrogen-bond acceptors (Lipinski definition) is 7. The Hall–Kier alpha value is -3.69. The Labute approximate surface area is 197 Å². The van der Waals surface area contributed by atoms with Crippen LogP contribution in [-0.2, 0) is 29.0 Å². The Morgan fingerprint density at radius 2 is 2.03 bits per heavy atom. The minimum Gasteiger partial charge on any atom is -0.482 e. The number of nitrogens with one attached hydrogen (secondary N) is 1. The Morgan fingerprint density at radius 3 is 2.85 bits per heavy atom. The van der Waals surface area contributed by atoms with E-state index in [0.29, 0.717) is 31.1 Å². The molecule has 0 unspecified atom stereocenters. The molecule has 178 valence electrons. The van der Waals surface area contributed by atoms with Gasteiger partial charge in [0.05, 0.1) is 17.6 Å². The van der Waals surface area contributed by atoms with E-state index >= 15 is 0 Å². The van der Waals surface area contributed by atoms with Crippen LogP contribution in [-0.4, -0.2) is 52.5 Å². The molecule has 0 aliphatic rings. The van der Waals surface area contributed by atoms with Crippen molar-refractivity contribution < 1.29 is 19.4 Å². The van der Waals surface area contributed by atoms with Crippen LogP contribution in [0.25, 0.3) is 21.9 Å². The van der Waals surface area contributed by atoms with Crippen LogP contribution >= 0.6 is 0 Å². The number of carbonyl (C=O) groups is 1. The van der Waals surface area contributed by atoms with Crippen molar-refractivity contribution in [1.29, 1.82) is 0 Å². The first kappa shape index (κ1) is 23.5.